The molecule has 2 aromatic carbocycles. The van der Waals surface area contributed by atoms with Gasteiger partial charge in [-0.1, -0.05) is 17.7 Å². The van der Waals surface area contributed by atoms with Crippen molar-refractivity contribution in [3.63, 3.8) is 0 Å². The van der Waals surface area contributed by atoms with E-state index < -0.39 is 28.1 Å². The number of benzene rings is 2. The summed E-state index contributed by atoms with van der Waals surface area (Å²) in [5.74, 6) is -0.0133. The number of carbonyl (C=O) groups is 1. The number of ether oxygens (including phenoxy) is 2. The van der Waals surface area contributed by atoms with Gasteiger partial charge in [-0.15, -0.1) is 0 Å². The first kappa shape index (κ1) is 17.0. The van der Waals surface area contributed by atoms with Gasteiger partial charge in [-0.05, 0) is 25.1 Å². The lowest BCUT2D eigenvalue weighted by atomic mass is 9.96. The third-order valence-corrected chi connectivity index (χ3v) is 5.34. The van der Waals surface area contributed by atoms with Crippen LogP contribution < -0.4 is 9.47 Å². The van der Waals surface area contributed by atoms with Gasteiger partial charge in [0, 0.05) is 23.6 Å². The number of carboxylic acids is 1. The van der Waals surface area contributed by atoms with Gasteiger partial charge < -0.3 is 14.6 Å². The Morgan fingerprint density at radius 2 is 2.08 bits per heavy atom. The Morgan fingerprint density at radius 1 is 1.35 bits per heavy atom. The lowest BCUT2D eigenvalue weighted by molar-refractivity contribution is -0.140. The first-order chi connectivity index (χ1) is 12.1. The second kappa shape index (κ2) is 5.30. The Balaban J connectivity index is 1.64. The standard InChI is InChI=1S/C18H12ClF3O4/c1-8-12(5-4-11(15(8)19)18(20,21)22)25-9-2-3-10-13(6-9)26-14-7-17(10,14)16(23)24/h2-6,14H,7H2,1H3,(H,23,24)/t14?,17-/m1/s1. The van der Waals surface area contributed by atoms with Crippen molar-refractivity contribution in [3.05, 3.63) is 52.0 Å². The minimum Gasteiger partial charge on any atom is -0.488 e. The summed E-state index contributed by atoms with van der Waals surface area (Å²) in [6.07, 6.45) is -4.50. The van der Waals surface area contributed by atoms with Gasteiger partial charge >= 0.3 is 12.1 Å². The van der Waals surface area contributed by atoms with Gasteiger partial charge in [-0.2, -0.15) is 13.2 Å². The molecule has 1 aliphatic carbocycles. The molecule has 136 valence electrons. The van der Waals surface area contributed by atoms with Gasteiger partial charge in [-0.3, -0.25) is 4.79 Å². The highest BCUT2D eigenvalue weighted by atomic mass is 35.5. The van der Waals surface area contributed by atoms with E-state index in [-0.39, 0.29) is 17.4 Å². The largest absolute Gasteiger partial charge is 0.488 e. The van der Waals surface area contributed by atoms with Gasteiger partial charge in [-0.25, -0.2) is 0 Å². The summed E-state index contributed by atoms with van der Waals surface area (Å²) >= 11 is 5.83. The molecule has 0 bridgehead atoms. The van der Waals surface area contributed by atoms with Crippen molar-refractivity contribution in [1.82, 2.24) is 0 Å². The van der Waals surface area contributed by atoms with Gasteiger partial charge in [0.15, 0.2) is 0 Å². The van der Waals surface area contributed by atoms with Crippen molar-refractivity contribution in [3.8, 4) is 17.2 Å². The van der Waals surface area contributed by atoms with E-state index in [1.807, 2.05) is 0 Å². The van der Waals surface area contributed by atoms with Gasteiger partial charge in [0.2, 0.25) is 0 Å². The van der Waals surface area contributed by atoms with Crippen LogP contribution in [0.5, 0.6) is 17.2 Å². The SMILES string of the molecule is Cc1c(Oc2ccc3c(c2)OC2C[C@@]32C(=O)O)ccc(C(F)(F)F)c1Cl. The second-order valence-electron chi connectivity index (χ2n) is 6.40. The molecule has 2 atom stereocenters. The molecule has 1 unspecified atom stereocenters. The fourth-order valence-corrected chi connectivity index (χ4v) is 3.57. The summed E-state index contributed by atoms with van der Waals surface area (Å²) in [5, 5.41) is 8.99. The van der Waals surface area contributed by atoms with Gasteiger partial charge in [0.1, 0.15) is 28.8 Å². The van der Waals surface area contributed by atoms with Crippen LogP contribution in [0.2, 0.25) is 5.02 Å². The summed E-state index contributed by atoms with van der Waals surface area (Å²) in [7, 11) is 0. The molecule has 1 heterocycles. The average molecular weight is 385 g/mol. The van der Waals surface area contributed by atoms with Crippen molar-refractivity contribution in [1.29, 1.82) is 0 Å². The zero-order valence-corrected chi connectivity index (χ0v) is 14.1. The van der Waals surface area contributed by atoms with Crippen molar-refractivity contribution >= 4 is 17.6 Å². The summed E-state index contributed by atoms with van der Waals surface area (Å²) in [6.45, 7) is 1.44. The van der Waals surface area contributed by atoms with E-state index in [1.54, 1.807) is 12.1 Å². The summed E-state index contributed by atoms with van der Waals surface area (Å²) in [5.41, 5.74) is -1.16. The van der Waals surface area contributed by atoms with E-state index in [0.717, 1.165) is 6.07 Å². The van der Waals surface area contributed by atoms with Crippen LogP contribution in [-0.4, -0.2) is 17.2 Å². The molecule has 0 saturated heterocycles. The lowest BCUT2D eigenvalue weighted by Gasteiger charge is -2.15. The molecular formula is C18H12ClF3O4. The minimum atomic E-state index is -4.55. The maximum atomic E-state index is 12.9. The lowest BCUT2D eigenvalue weighted by Crippen LogP contribution is -2.21. The van der Waals surface area contributed by atoms with Crippen LogP contribution in [0.15, 0.2) is 30.3 Å². The van der Waals surface area contributed by atoms with E-state index in [2.05, 4.69) is 0 Å². The van der Waals surface area contributed by atoms with E-state index >= 15 is 0 Å². The van der Waals surface area contributed by atoms with E-state index in [0.29, 0.717) is 23.5 Å². The number of hydrogen-bond donors (Lipinski definition) is 1. The van der Waals surface area contributed by atoms with Crippen molar-refractivity contribution in [2.45, 2.75) is 31.0 Å². The summed E-state index contributed by atoms with van der Waals surface area (Å²) in [6, 6.07) is 6.79. The molecular weight excluding hydrogens is 373 g/mol. The fourth-order valence-electron chi connectivity index (χ4n) is 3.31. The quantitative estimate of drug-likeness (QED) is 0.813. The van der Waals surface area contributed by atoms with Crippen LogP contribution in [0.3, 0.4) is 0 Å². The van der Waals surface area contributed by atoms with Crippen LogP contribution >= 0.6 is 11.6 Å². The zero-order chi connectivity index (χ0) is 18.9. The van der Waals surface area contributed by atoms with Crippen LogP contribution in [0.25, 0.3) is 0 Å². The molecule has 2 aliphatic rings. The number of carboxylic acid groups (broad SMARTS) is 1. The molecule has 4 rings (SSSR count). The molecule has 1 saturated carbocycles. The first-order valence-electron chi connectivity index (χ1n) is 7.73. The van der Waals surface area contributed by atoms with Crippen LogP contribution in [0.1, 0.15) is 23.1 Å². The number of halogens is 4. The zero-order valence-electron chi connectivity index (χ0n) is 13.4. The Kier molecular flexibility index (Phi) is 3.47. The fraction of sp³-hybridized carbons (Fsp3) is 0.278. The molecule has 8 heteroatoms. The Hall–Kier alpha value is -2.41. The number of hydrogen-bond acceptors (Lipinski definition) is 3. The van der Waals surface area contributed by atoms with Crippen LogP contribution in [0.4, 0.5) is 13.2 Å². The molecule has 1 N–H and O–H groups in total. The summed E-state index contributed by atoms with van der Waals surface area (Å²) < 4.78 is 49.9. The normalized spacial score (nSPS) is 23.0. The molecule has 0 radical (unpaired) electrons. The third-order valence-electron chi connectivity index (χ3n) is 4.85. The van der Waals surface area contributed by atoms with E-state index in [1.165, 1.54) is 19.1 Å². The molecule has 0 spiro atoms. The highest BCUT2D eigenvalue weighted by Crippen LogP contribution is 2.59. The van der Waals surface area contributed by atoms with Gasteiger partial charge in [0.05, 0.1) is 10.6 Å². The molecule has 0 aromatic heterocycles. The number of aliphatic carboxylic acids is 1. The van der Waals surface area contributed by atoms with Crippen molar-refractivity contribution in [2.75, 3.05) is 0 Å². The maximum absolute atomic E-state index is 12.9. The Bertz CT molecular complexity index is 941. The Labute approximate surface area is 151 Å². The highest BCUT2D eigenvalue weighted by molar-refractivity contribution is 6.32. The second-order valence-corrected chi connectivity index (χ2v) is 6.77. The van der Waals surface area contributed by atoms with Crippen molar-refractivity contribution < 1.29 is 32.5 Å². The average Bonchev–Trinajstić information content (AvgIpc) is 3.18. The minimum absolute atomic E-state index is 0.160. The van der Waals surface area contributed by atoms with Crippen molar-refractivity contribution in [2.24, 2.45) is 0 Å². The number of rotatable bonds is 3. The summed E-state index contributed by atoms with van der Waals surface area (Å²) in [4.78, 5) is 11.5. The first-order valence-corrected chi connectivity index (χ1v) is 8.11. The number of alkyl halides is 3. The van der Waals surface area contributed by atoms with E-state index in [9.17, 15) is 23.1 Å². The maximum Gasteiger partial charge on any atom is 0.417 e. The Morgan fingerprint density at radius 3 is 2.73 bits per heavy atom. The molecule has 1 fully saturated rings. The van der Waals surface area contributed by atoms with Crippen LogP contribution in [0, 0.1) is 6.92 Å². The highest BCUT2D eigenvalue weighted by Gasteiger charge is 2.69. The molecule has 26 heavy (non-hydrogen) atoms. The predicted octanol–water partition coefficient (Wildman–Crippen LogP) is 4.95. The topological polar surface area (TPSA) is 55.8 Å². The molecule has 1 aliphatic heterocycles. The monoisotopic (exact) mass is 384 g/mol. The number of fused-ring (bicyclic) bond motifs is 3. The smallest absolute Gasteiger partial charge is 0.417 e. The molecule has 4 nitrogen and oxygen atoms in total. The van der Waals surface area contributed by atoms with E-state index in [4.69, 9.17) is 21.1 Å². The molecule has 0 amide bonds. The predicted molar refractivity (Wildman–Crippen MR) is 86.1 cm³/mol. The molecule has 2 aromatic rings. The van der Waals surface area contributed by atoms with Gasteiger partial charge in [0.25, 0.3) is 0 Å². The third kappa shape index (κ3) is 2.34. The van der Waals surface area contributed by atoms with Crippen LogP contribution in [-0.2, 0) is 16.4 Å².